The highest BCUT2D eigenvalue weighted by molar-refractivity contribution is 8.00. The quantitative estimate of drug-likeness (QED) is 0.778. The molecule has 0 aromatic heterocycles. The van der Waals surface area contributed by atoms with Gasteiger partial charge in [-0.1, -0.05) is 45.0 Å². The van der Waals surface area contributed by atoms with E-state index >= 15 is 0 Å². The standard InChI is InChI=1S/C15H22F3NS/c1-11(19-9-10-20-15(16,17)18)12-5-7-13(8-6-12)14(2,3)4/h5-8,11,19H,9-10H2,1-4H3. The minimum atomic E-state index is -4.14. The fraction of sp³-hybridized carbons (Fsp3) is 0.600. The highest BCUT2D eigenvalue weighted by atomic mass is 32.2. The van der Waals surface area contributed by atoms with Crippen LogP contribution in [-0.2, 0) is 5.41 Å². The highest BCUT2D eigenvalue weighted by Crippen LogP contribution is 2.29. The lowest BCUT2D eigenvalue weighted by molar-refractivity contribution is -0.0327. The summed E-state index contributed by atoms with van der Waals surface area (Å²) in [5.41, 5.74) is -1.69. The molecule has 0 radical (unpaired) electrons. The summed E-state index contributed by atoms with van der Waals surface area (Å²) < 4.78 is 36.0. The van der Waals surface area contributed by atoms with E-state index in [2.05, 4.69) is 38.2 Å². The molecule has 1 nitrogen and oxygen atoms in total. The number of alkyl halides is 3. The Morgan fingerprint density at radius 2 is 1.65 bits per heavy atom. The van der Waals surface area contributed by atoms with Crippen molar-refractivity contribution in [3.05, 3.63) is 35.4 Å². The van der Waals surface area contributed by atoms with Gasteiger partial charge in [0.2, 0.25) is 0 Å². The molecule has 20 heavy (non-hydrogen) atoms. The van der Waals surface area contributed by atoms with Crippen molar-refractivity contribution in [3.8, 4) is 0 Å². The van der Waals surface area contributed by atoms with Crippen LogP contribution >= 0.6 is 11.8 Å². The molecule has 1 rings (SSSR count). The summed E-state index contributed by atoms with van der Waals surface area (Å²) in [6, 6.07) is 8.29. The third-order valence-corrected chi connectivity index (χ3v) is 3.83. The van der Waals surface area contributed by atoms with Crippen LogP contribution in [0.4, 0.5) is 13.2 Å². The Morgan fingerprint density at radius 1 is 1.10 bits per heavy atom. The predicted molar refractivity (Wildman–Crippen MR) is 80.1 cm³/mol. The monoisotopic (exact) mass is 305 g/mol. The van der Waals surface area contributed by atoms with E-state index in [1.54, 1.807) is 0 Å². The SMILES string of the molecule is CC(NCCSC(F)(F)F)c1ccc(C(C)(C)C)cc1. The molecule has 1 aromatic carbocycles. The van der Waals surface area contributed by atoms with E-state index in [-0.39, 0.29) is 29.0 Å². The number of rotatable bonds is 5. The van der Waals surface area contributed by atoms with Gasteiger partial charge in [-0.2, -0.15) is 13.2 Å². The van der Waals surface area contributed by atoms with Gasteiger partial charge in [0, 0.05) is 18.3 Å². The summed E-state index contributed by atoms with van der Waals surface area (Å²) in [5, 5.41) is 3.11. The first-order valence-corrected chi connectivity index (χ1v) is 7.62. The first-order chi connectivity index (χ1) is 9.09. The lowest BCUT2D eigenvalue weighted by Gasteiger charge is -2.20. The van der Waals surface area contributed by atoms with E-state index in [0.717, 1.165) is 5.56 Å². The van der Waals surface area contributed by atoms with E-state index in [1.165, 1.54) is 5.56 Å². The van der Waals surface area contributed by atoms with Crippen LogP contribution in [0.15, 0.2) is 24.3 Å². The predicted octanol–water partition coefficient (Wildman–Crippen LogP) is 4.89. The molecule has 0 saturated carbocycles. The molecule has 0 bridgehead atoms. The molecular weight excluding hydrogens is 283 g/mol. The Hall–Kier alpha value is -0.680. The summed E-state index contributed by atoms with van der Waals surface area (Å²) in [7, 11) is 0. The molecule has 0 spiro atoms. The van der Waals surface area contributed by atoms with Gasteiger partial charge in [-0.15, -0.1) is 0 Å². The maximum atomic E-state index is 12.0. The second kappa shape index (κ2) is 6.85. The largest absolute Gasteiger partial charge is 0.441 e. The normalized spacial score (nSPS) is 14.3. The second-order valence-corrected chi connectivity index (χ2v) is 7.00. The van der Waals surface area contributed by atoms with Crippen molar-refractivity contribution in [1.82, 2.24) is 5.32 Å². The number of halogens is 3. The third kappa shape index (κ3) is 6.18. The molecule has 1 unspecified atom stereocenters. The maximum Gasteiger partial charge on any atom is 0.441 e. The topological polar surface area (TPSA) is 12.0 Å². The minimum absolute atomic E-state index is 0.0141. The minimum Gasteiger partial charge on any atom is -0.309 e. The average molecular weight is 305 g/mol. The molecule has 1 aromatic rings. The van der Waals surface area contributed by atoms with Crippen LogP contribution in [0.1, 0.15) is 44.9 Å². The third-order valence-electron chi connectivity index (χ3n) is 3.10. The van der Waals surface area contributed by atoms with Crippen molar-refractivity contribution in [2.24, 2.45) is 0 Å². The van der Waals surface area contributed by atoms with Crippen LogP contribution in [0.2, 0.25) is 0 Å². The van der Waals surface area contributed by atoms with Crippen LogP contribution in [-0.4, -0.2) is 17.8 Å². The van der Waals surface area contributed by atoms with Gasteiger partial charge in [-0.05, 0) is 35.2 Å². The van der Waals surface area contributed by atoms with Crippen molar-refractivity contribution in [2.75, 3.05) is 12.3 Å². The molecule has 5 heteroatoms. The van der Waals surface area contributed by atoms with E-state index in [1.807, 2.05) is 19.1 Å². The van der Waals surface area contributed by atoms with Gasteiger partial charge < -0.3 is 5.32 Å². The Bertz CT molecular complexity index is 407. The van der Waals surface area contributed by atoms with E-state index < -0.39 is 5.51 Å². The molecule has 1 atom stereocenters. The van der Waals surface area contributed by atoms with Crippen LogP contribution in [0.3, 0.4) is 0 Å². The van der Waals surface area contributed by atoms with E-state index in [4.69, 9.17) is 0 Å². The number of hydrogen-bond acceptors (Lipinski definition) is 2. The van der Waals surface area contributed by atoms with Gasteiger partial charge in [0.05, 0.1) is 0 Å². The van der Waals surface area contributed by atoms with Crippen LogP contribution < -0.4 is 5.32 Å². The summed E-state index contributed by atoms with van der Waals surface area (Å²) in [4.78, 5) is 0. The lowest BCUT2D eigenvalue weighted by atomic mass is 9.86. The van der Waals surface area contributed by atoms with Gasteiger partial charge in [0.1, 0.15) is 0 Å². The number of thioether (sulfide) groups is 1. The van der Waals surface area contributed by atoms with Crippen LogP contribution in [0, 0.1) is 0 Å². The summed E-state index contributed by atoms with van der Waals surface area (Å²) in [6.07, 6.45) is 0. The molecule has 1 N–H and O–H groups in total. The van der Waals surface area contributed by atoms with Crippen molar-refractivity contribution >= 4 is 11.8 Å². The average Bonchev–Trinajstić information content (AvgIpc) is 2.32. The van der Waals surface area contributed by atoms with Gasteiger partial charge >= 0.3 is 5.51 Å². The Labute approximate surface area is 123 Å². The van der Waals surface area contributed by atoms with Gasteiger partial charge in [0.15, 0.2) is 0 Å². The van der Waals surface area contributed by atoms with Crippen molar-refractivity contribution in [3.63, 3.8) is 0 Å². The van der Waals surface area contributed by atoms with Gasteiger partial charge in [-0.3, -0.25) is 0 Å². The first-order valence-electron chi connectivity index (χ1n) is 6.64. The summed E-state index contributed by atoms with van der Waals surface area (Å²) in [5.74, 6) is 0.0356. The van der Waals surface area contributed by atoms with E-state index in [9.17, 15) is 13.2 Å². The highest BCUT2D eigenvalue weighted by Gasteiger charge is 2.27. The zero-order valence-corrected chi connectivity index (χ0v) is 13.2. The number of nitrogens with one attached hydrogen (secondary N) is 1. The molecule has 0 fully saturated rings. The van der Waals surface area contributed by atoms with Gasteiger partial charge in [-0.25, -0.2) is 0 Å². The smallest absolute Gasteiger partial charge is 0.309 e. The Morgan fingerprint density at radius 3 is 2.10 bits per heavy atom. The Kier molecular flexibility index (Phi) is 5.95. The summed E-state index contributed by atoms with van der Waals surface area (Å²) in [6.45, 7) is 8.75. The van der Waals surface area contributed by atoms with Crippen molar-refractivity contribution in [2.45, 2.75) is 44.7 Å². The van der Waals surface area contributed by atoms with Crippen molar-refractivity contribution in [1.29, 1.82) is 0 Å². The molecule has 0 aliphatic rings. The van der Waals surface area contributed by atoms with Gasteiger partial charge in [0.25, 0.3) is 0 Å². The number of hydrogen-bond donors (Lipinski definition) is 1. The van der Waals surface area contributed by atoms with Crippen LogP contribution in [0.5, 0.6) is 0 Å². The van der Waals surface area contributed by atoms with Crippen LogP contribution in [0.25, 0.3) is 0 Å². The van der Waals surface area contributed by atoms with Crippen molar-refractivity contribution < 1.29 is 13.2 Å². The molecule has 0 heterocycles. The number of benzene rings is 1. The van der Waals surface area contributed by atoms with E-state index in [0.29, 0.717) is 6.54 Å². The second-order valence-electron chi connectivity index (χ2n) is 5.84. The molecule has 0 saturated heterocycles. The molecule has 114 valence electrons. The first kappa shape index (κ1) is 17.4. The fourth-order valence-electron chi connectivity index (χ4n) is 1.83. The zero-order valence-electron chi connectivity index (χ0n) is 12.3. The molecule has 0 aliphatic carbocycles. The molecule has 0 aliphatic heterocycles. The maximum absolute atomic E-state index is 12.0. The molecular formula is C15H22F3NS. The fourth-order valence-corrected chi connectivity index (χ4v) is 2.28. The summed E-state index contributed by atoms with van der Waals surface area (Å²) >= 11 is 0.0141. The molecule has 0 amide bonds. The lowest BCUT2D eigenvalue weighted by Crippen LogP contribution is -2.22. The Balaban J connectivity index is 2.46. The zero-order chi connectivity index (χ0) is 15.4.